The zero-order valence-corrected chi connectivity index (χ0v) is 10.3. The van der Waals surface area contributed by atoms with Crippen molar-refractivity contribution in [2.24, 2.45) is 0 Å². The van der Waals surface area contributed by atoms with Crippen molar-refractivity contribution in [3.8, 4) is 0 Å². The van der Waals surface area contributed by atoms with E-state index in [1.165, 1.54) is 18.5 Å². The van der Waals surface area contributed by atoms with Crippen LogP contribution in [0.15, 0.2) is 47.3 Å². The van der Waals surface area contributed by atoms with Gasteiger partial charge in [-0.05, 0) is 18.2 Å². The van der Waals surface area contributed by atoms with E-state index in [4.69, 9.17) is 4.52 Å². The summed E-state index contributed by atoms with van der Waals surface area (Å²) in [4.78, 5) is 14.7. The third-order valence-corrected chi connectivity index (χ3v) is 2.90. The first kappa shape index (κ1) is 12.1. The van der Waals surface area contributed by atoms with Gasteiger partial charge in [-0.3, -0.25) is 10.1 Å². The number of fused-ring (bicyclic) bond motifs is 1. The smallest absolute Gasteiger partial charge is 0.295 e. The normalized spacial score (nSPS) is 10.6. The summed E-state index contributed by atoms with van der Waals surface area (Å²) in [5, 5.41) is 18.7. The van der Waals surface area contributed by atoms with Crippen molar-refractivity contribution in [2.75, 3.05) is 5.32 Å². The number of aromatic nitrogens is 2. The Hall–Kier alpha value is -2.96. The molecule has 0 saturated heterocycles. The molecule has 20 heavy (non-hydrogen) atoms. The number of nitro groups is 1. The van der Waals surface area contributed by atoms with Crippen LogP contribution in [0.3, 0.4) is 0 Å². The number of nitrogens with one attached hydrogen (secondary N) is 1. The van der Waals surface area contributed by atoms with Gasteiger partial charge in [-0.2, -0.15) is 0 Å². The highest BCUT2D eigenvalue weighted by atomic mass is 16.6. The Balaban J connectivity index is 1.99. The second-order valence-corrected chi connectivity index (χ2v) is 4.13. The number of pyridine rings is 1. The van der Waals surface area contributed by atoms with Crippen molar-refractivity contribution in [1.82, 2.24) is 10.1 Å². The van der Waals surface area contributed by atoms with Crippen molar-refractivity contribution in [3.63, 3.8) is 0 Å². The second-order valence-electron chi connectivity index (χ2n) is 4.13. The maximum atomic E-state index is 11.0. The van der Waals surface area contributed by atoms with Gasteiger partial charge in [-0.15, -0.1) is 0 Å². The molecule has 0 aliphatic carbocycles. The van der Waals surface area contributed by atoms with Crippen LogP contribution >= 0.6 is 0 Å². The molecule has 0 amide bonds. The molecule has 7 nitrogen and oxygen atoms in total. The van der Waals surface area contributed by atoms with Gasteiger partial charge < -0.3 is 9.84 Å². The van der Waals surface area contributed by atoms with Gasteiger partial charge in [0.25, 0.3) is 5.69 Å². The molecule has 0 unspecified atom stereocenters. The molecule has 2 heterocycles. The van der Waals surface area contributed by atoms with Crippen molar-refractivity contribution < 1.29 is 9.45 Å². The molecule has 0 bridgehead atoms. The number of nitro benzene ring substituents is 1. The van der Waals surface area contributed by atoms with E-state index >= 15 is 0 Å². The Kier molecular flexibility index (Phi) is 3.00. The van der Waals surface area contributed by atoms with Crippen LogP contribution in [0, 0.1) is 10.1 Å². The zero-order chi connectivity index (χ0) is 13.9. The fourth-order valence-electron chi connectivity index (χ4n) is 1.97. The number of hydrogen-bond acceptors (Lipinski definition) is 6. The molecule has 0 fully saturated rings. The summed E-state index contributed by atoms with van der Waals surface area (Å²) in [6.45, 7) is 0.471. The van der Waals surface area contributed by atoms with Crippen LogP contribution < -0.4 is 5.32 Å². The summed E-state index contributed by atoms with van der Waals surface area (Å²) in [6, 6.07) is 8.40. The molecule has 1 N–H and O–H groups in total. The minimum absolute atomic E-state index is 0.00686. The SMILES string of the molecule is O=[N+]([O-])c1ccc(NCc2ccon2)c2cccnc12. The van der Waals surface area contributed by atoms with Gasteiger partial charge in [0.1, 0.15) is 17.5 Å². The molecular weight excluding hydrogens is 260 g/mol. The molecule has 0 spiro atoms. The summed E-state index contributed by atoms with van der Waals surface area (Å²) in [5.41, 5.74) is 1.87. The molecule has 100 valence electrons. The summed E-state index contributed by atoms with van der Waals surface area (Å²) in [5.74, 6) is 0. The first-order chi connectivity index (χ1) is 9.75. The average Bonchev–Trinajstić information content (AvgIpc) is 2.97. The largest absolute Gasteiger partial charge is 0.379 e. The van der Waals surface area contributed by atoms with Crippen LogP contribution in [0.25, 0.3) is 10.9 Å². The number of non-ortho nitro benzene ring substituents is 1. The summed E-state index contributed by atoms with van der Waals surface area (Å²) in [7, 11) is 0. The Morgan fingerprint density at radius 2 is 2.20 bits per heavy atom. The Labute approximate surface area is 113 Å². The van der Waals surface area contributed by atoms with E-state index in [-0.39, 0.29) is 5.69 Å². The fourth-order valence-corrected chi connectivity index (χ4v) is 1.97. The van der Waals surface area contributed by atoms with E-state index in [0.717, 1.165) is 11.4 Å². The monoisotopic (exact) mass is 270 g/mol. The number of anilines is 1. The lowest BCUT2D eigenvalue weighted by atomic mass is 10.1. The van der Waals surface area contributed by atoms with Crippen molar-refractivity contribution >= 4 is 22.3 Å². The third-order valence-electron chi connectivity index (χ3n) is 2.90. The highest BCUT2D eigenvalue weighted by Crippen LogP contribution is 2.29. The van der Waals surface area contributed by atoms with Gasteiger partial charge in [-0.1, -0.05) is 5.16 Å². The second kappa shape index (κ2) is 4.96. The molecule has 3 aromatic rings. The van der Waals surface area contributed by atoms with Gasteiger partial charge in [0.2, 0.25) is 0 Å². The van der Waals surface area contributed by atoms with Crippen LogP contribution in [0.4, 0.5) is 11.4 Å². The molecule has 2 aromatic heterocycles. The first-order valence-electron chi connectivity index (χ1n) is 5.91. The van der Waals surface area contributed by atoms with Crippen LogP contribution in [0.5, 0.6) is 0 Å². The number of rotatable bonds is 4. The third kappa shape index (κ3) is 2.16. The lowest BCUT2D eigenvalue weighted by Gasteiger charge is -2.08. The maximum Gasteiger partial charge on any atom is 0.295 e. The lowest BCUT2D eigenvalue weighted by molar-refractivity contribution is -0.383. The number of hydrogen-bond donors (Lipinski definition) is 1. The van der Waals surface area contributed by atoms with Gasteiger partial charge >= 0.3 is 0 Å². The van der Waals surface area contributed by atoms with Crippen molar-refractivity contribution in [2.45, 2.75) is 6.54 Å². The Morgan fingerprint density at radius 3 is 2.95 bits per heavy atom. The lowest BCUT2D eigenvalue weighted by Crippen LogP contribution is -2.01. The predicted molar refractivity (Wildman–Crippen MR) is 72.2 cm³/mol. The molecule has 0 aliphatic heterocycles. The molecule has 0 aliphatic rings. The number of nitrogens with zero attached hydrogens (tertiary/aromatic N) is 3. The standard InChI is InChI=1S/C13H10N4O3/c18-17(19)12-4-3-11(10-2-1-6-14-13(10)12)15-8-9-5-7-20-16-9/h1-7,15H,8H2. The first-order valence-corrected chi connectivity index (χ1v) is 5.91. The predicted octanol–water partition coefficient (Wildman–Crippen LogP) is 2.74. The summed E-state index contributed by atoms with van der Waals surface area (Å²) < 4.78 is 4.75. The summed E-state index contributed by atoms with van der Waals surface area (Å²) >= 11 is 0. The molecule has 7 heteroatoms. The van der Waals surface area contributed by atoms with Crippen LogP contribution in [0.2, 0.25) is 0 Å². The Bertz CT molecular complexity index is 755. The number of benzene rings is 1. The zero-order valence-electron chi connectivity index (χ0n) is 10.3. The molecule has 0 radical (unpaired) electrons. The highest BCUT2D eigenvalue weighted by Gasteiger charge is 2.15. The van der Waals surface area contributed by atoms with Crippen molar-refractivity contribution in [1.29, 1.82) is 0 Å². The van der Waals surface area contributed by atoms with E-state index < -0.39 is 4.92 Å². The van der Waals surface area contributed by atoms with E-state index in [0.29, 0.717) is 17.4 Å². The van der Waals surface area contributed by atoms with Crippen LogP contribution in [-0.4, -0.2) is 15.1 Å². The van der Waals surface area contributed by atoms with Crippen LogP contribution in [-0.2, 0) is 6.54 Å². The maximum absolute atomic E-state index is 11.0. The molecule has 1 aromatic carbocycles. The molecule has 0 atom stereocenters. The quantitative estimate of drug-likeness (QED) is 0.578. The molecule has 0 saturated carbocycles. The van der Waals surface area contributed by atoms with E-state index in [2.05, 4.69) is 15.5 Å². The van der Waals surface area contributed by atoms with Gasteiger partial charge in [0, 0.05) is 29.4 Å². The average molecular weight is 270 g/mol. The Morgan fingerprint density at radius 1 is 1.30 bits per heavy atom. The molecular formula is C13H10N4O3. The summed E-state index contributed by atoms with van der Waals surface area (Å²) in [6.07, 6.45) is 3.03. The van der Waals surface area contributed by atoms with Crippen LogP contribution in [0.1, 0.15) is 5.69 Å². The van der Waals surface area contributed by atoms with E-state index in [1.807, 2.05) is 0 Å². The highest BCUT2D eigenvalue weighted by molar-refractivity contribution is 5.96. The van der Waals surface area contributed by atoms with Gasteiger partial charge in [0.15, 0.2) is 0 Å². The van der Waals surface area contributed by atoms with Crippen molar-refractivity contribution in [3.05, 3.63) is 58.6 Å². The topological polar surface area (TPSA) is 94.1 Å². The van der Waals surface area contributed by atoms with Gasteiger partial charge in [0.05, 0.1) is 11.5 Å². The fraction of sp³-hybridized carbons (Fsp3) is 0.0769. The minimum atomic E-state index is -0.434. The van der Waals surface area contributed by atoms with Gasteiger partial charge in [-0.25, -0.2) is 4.98 Å². The molecule has 3 rings (SSSR count). The van der Waals surface area contributed by atoms with E-state index in [9.17, 15) is 10.1 Å². The van der Waals surface area contributed by atoms with E-state index in [1.54, 1.807) is 24.3 Å². The minimum Gasteiger partial charge on any atom is -0.379 e.